The van der Waals surface area contributed by atoms with Crippen LogP contribution in [0.15, 0.2) is 71.6 Å². The first kappa shape index (κ1) is 16.3. The molecule has 27 heavy (non-hydrogen) atoms. The monoisotopic (exact) mass is 373 g/mol. The number of hydrogen-bond acceptors (Lipinski definition) is 2. The van der Waals surface area contributed by atoms with Crippen LogP contribution in [0.25, 0.3) is 21.5 Å². The smallest absolute Gasteiger partial charge is 0.261 e. The fourth-order valence-electron chi connectivity index (χ4n) is 4.10. The summed E-state index contributed by atoms with van der Waals surface area (Å²) in [7, 11) is -3.62. The molecule has 0 fully saturated rings. The van der Waals surface area contributed by atoms with Crippen LogP contribution in [0.2, 0.25) is 0 Å². The van der Waals surface area contributed by atoms with Gasteiger partial charge in [-0.05, 0) is 59.3 Å². The highest BCUT2D eigenvalue weighted by atomic mass is 32.2. The molecule has 0 N–H and O–H groups in total. The molecule has 1 aliphatic heterocycles. The maximum atomic E-state index is 13.4. The Bertz CT molecular complexity index is 1320. The minimum absolute atomic E-state index is 0.335. The number of hydrogen-bond donors (Lipinski definition) is 0. The average molecular weight is 373 g/mol. The van der Waals surface area contributed by atoms with E-state index in [0.29, 0.717) is 11.4 Å². The van der Waals surface area contributed by atoms with E-state index in [1.54, 1.807) is 16.4 Å². The zero-order chi connectivity index (χ0) is 18.8. The Morgan fingerprint density at radius 2 is 1.59 bits per heavy atom. The van der Waals surface area contributed by atoms with Gasteiger partial charge in [-0.25, -0.2) is 8.42 Å². The molecule has 0 radical (unpaired) electrons. The van der Waals surface area contributed by atoms with E-state index in [-0.39, 0.29) is 0 Å². The molecule has 0 aliphatic carbocycles. The summed E-state index contributed by atoms with van der Waals surface area (Å²) in [6.07, 6.45) is 0. The first-order valence-electron chi connectivity index (χ1n) is 9.00. The van der Waals surface area contributed by atoms with E-state index in [1.807, 2.05) is 44.2 Å². The number of aryl methyl sites for hydroxylation is 2. The summed E-state index contributed by atoms with van der Waals surface area (Å²) in [6.45, 7) is 4.31. The van der Waals surface area contributed by atoms with Crippen molar-refractivity contribution in [2.24, 2.45) is 0 Å². The molecule has 3 nitrogen and oxygen atoms in total. The van der Waals surface area contributed by atoms with Gasteiger partial charge in [0, 0.05) is 5.39 Å². The number of sulfonamides is 1. The Morgan fingerprint density at radius 1 is 0.852 bits per heavy atom. The van der Waals surface area contributed by atoms with E-state index in [9.17, 15) is 8.42 Å². The van der Waals surface area contributed by atoms with Crippen LogP contribution in [0.4, 0.5) is 5.69 Å². The van der Waals surface area contributed by atoms with Gasteiger partial charge in [-0.2, -0.15) is 0 Å². The molecule has 1 heterocycles. The van der Waals surface area contributed by atoms with Crippen LogP contribution >= 0.6 is 0 Å². The molecule has 0 saturated carbocycles. The van der Waals surface area contributed by atoms with Gasteiger partial charge in [-0.3, -0.25) is 4.31 Å². The molecule has 1 aliphatic rings. The number of rotatable bonds is 2. The molecule has 0 bridgehead atoms. The predicted molar refractivity (Wildman–Crippen MR) is 111 cm³/mol. The van der Waals surface area contributed by atoms with E-state index < -0.39 is 10.0 Å². The zero-order valence-corrected chi connectivity index (χ0v) is 16.0. The fraction of sp³-hybridized carbons (Fsp3) is 0.130. The van der Waals surface area contributed by atoms with Crippen molar-refractivity contribution in [3.63, 3.8) is 0 Å². The SMILES string of the molecule is Cc1ccc(S(=O)(=O)N2Cc3cc4ccccc4c4ccc(C)c2c34)cc1. The standard InChI is InChI=1S/C23H19NO2S/c1-15-7-10-19(11-8-15)27(25,26)24-14-18-13-17-5-3-4-6-20(17)21-12-9-16(2)23(24)22(18)21/h3-13H,14H2,1-2H3. The van der Waals surface area contributed by atoms with Gasteiger partial charge in [0.25, 0.3) is 10.0 Å². The van der Waals surface area contributed by atoms with Gasteiger partial charge in [0.1, 0.15) is 0 Å². The van der Waals surface area contributed by atoms with Gasteiger partial charge in [-0.15, -0.1) is 0 Å². The number of nitrogens with zero attached hydrogens (tertiary/aromatic N) is 1. The lowest BCUT2D eigenvalue weighted by molar-refractivity contribution is 0.591. The van der Waals surface area contributed by atoms with Crippen molar-refractivity contribution in [3.8, 4) is 0 Å². The molecule has 0 spiro atoms. The Kier molecular flexibility index (Phi) is 3.37. The van der Waals surface area contributed by atoms with Crippen LogP contribution in [-0.2, 0) is 16.6 Å². The van der Waals surface area contributed by atoms with Gasteiger partial charge in [0.05, 0.1) is 17.1 Å². The van der Waals surface area contributed by atoms with Crippen LogP contribution in [0.5, 0.6) is 0 Å². The first-order chi connectivity index (χ1) is 13.0. The molecule has 5 rings (SSSR count). The van der Waals surface area contributed by atoms with Gasteiger partial charge >= 0.3 is 0 Å². The van der Waals surface area contributed by atoms with Crippen LogP contribution < -0.4 is 4.31 Å². The summed E-state index contributed by atoms with van der Waals surface area (Å²) in [5, 5.41) is 4.48. The minimum Gasteiger partial charge on any atom is -0.261 e. The van der Waals surface area contributed by atoms with Crippen molar-refractivity contribution < 1.29 is 8.42 Å². The Morgan fingerprint density at radius 3 is 2.37 bits per heavy atom. The number of benzene rings is 4. The van der Waals surface area contributed by atoms with E-state index >= 15 is 0 Å². The third kappa shape index (κ3) is 2.30. The van der Waals surface area contributed by atoms with Crippen molar-refractivity contribution in [2.75, 3.05) is 4.31 Å². The third-order valence-electron chi connectivity index (χ3n) is 5.45. The lowest BCUT2D eigenvalue weighted by atomic mass is 9.96. The summed E-state index contributed by atoms with van der Waals surface area (Å²) in [5.41, 5.74) is 3.90. The van der Waals surface area contributed by atoms with E-state index in [4.69, 9.17) is 0 Å². The summed E-state index contributed by atoms with van der Waals surface area (Å²) in [4.78, 5) is 0.335. The second-order valence-electron chi connectivity index (χ2n) is 7.24. The second-order valence-corrected chi connectivity index (χ2v) is 9.10. The Labute approximate surface area is 158 Å². The molecule has 0 amide bonds. The quantitative estimate of drug-likeness (QED) is 0.446. The minimum atomic E-state index is -3.62. The molecule has 4 aromatic rings. The van der Waals surface area contributed by atoms with E-state index in [2.05, 4.69) is 24.3 Å². The zero-order valence-electron chi connectivity index (χ0n) is 15.2. The molecular formula is C23H19NO2S. The maximum absolute atomic E-state index is 13.4. The molecule has 4 aromatic carbocycles. The van der Waals surface area contributed by atoms with Gasteiger partial charge in [-0.1, -0.05) is 54.1 Å². The van der Waals surface area contributed by atoms with E-state index in [1.165, 1.54) is 0 Å². The molecule has 0 unspecified atom stereocenters. The van der Waals surface area contributed by atoms with Crippen LogP contribution in [0.1, 0.15) is 16.7 Å². The van der Waals surface area contributed by atoms with Crippen molar-refractivity contribution in [3.05, 3.63) is 83.4 Å². The predicted octanol–water partition coefficient (Wildman–Crippen LogP) is 5.32. The van der Waals surface area contributed by atoms with Crippen molar-refractivity contribution in [1.29, 1.82) is 0 Å². The van der Waals surface area contributed by atoms with Crippen LogP contribution in [-0.4, -0.2) is 8.42 Å². The summed E-state index contributed by atoms with van der Waals surface area (Å²) < 4.78 is 28.4. The van der Waals surface area contributed by atoms with Crippen molar-refractivity contribution >= 4 is 37.3 Å². The molecule has 134 valence electrons. The highest BCUT2D eigenvalue weighted by Gasteiger charge is 2.33. The highest BCUT2D eigenvalue weighted by Crippen LogP contribution is 2.45. The molecule has 0 saturated heterocycles. The van der Waals surface area contributed by atoms with Gasteiger partial charge in [0.2, 0.25) is 0 Å². The largest absolute Gasteiger partial charge is 0.264 e. The fourth-order valence-corrected chi connectivity index (χ4v) is 5.61. The first-order valence-corrected chi connectivity index (χ1v) is 10.4. The van der Waals surface area contributed by atoms with Crippen LogP contribution in [0, 0.1) is 13.8 Å². The second kappa shape index (κ2) is 5.57. The number of anilines is 1. The Balaban J connectivity index is 1.79. The van der Waals surface area contributed by atoms with Gasteiger partial charge < -0.3 is 0 Å². The average Bonchev–Trinajstić information content (AvgIpc) is 3.06. The topological polar surface area (TPSA) is 37.4 Å². The third-order valence-corrected chi connectivity index (χ3v) is 7.21. The number of fused-ring (bicyclic) bond motifs is 2. The lowest BCUT2D eigenvalue weighted by Gasteiger charge is -2.21. The Hall–Kier alpha value is -2.85. The molecule has 0 aromatic heterocycles. The summed E-state index contributed by atoms with van der Waals surface area (Å²) in [6, 6.07) is 21.6. The molecular weight excluding hydrogens is 354 g/mol. The van der Waals surface area contributed by atoms with Crippen molar-refractivity contribution in [1.82, 2.24) is 0 Å². The highest BCUT2D eigenvalue weighted by molar-refractivity contribution is 7.92. The normalized spacial score (nSPS) is 13.6. The molecule has 0 atom stereocenters. The summed E-state index contributed by atoms with van der Waals surface area (Å²) in [5.74, 6) is 0. The maximum Gasteiger partial charge on any atom is 0.264 e. The van der Waals surface area contributed by atoms with Crippen LogP contribution in [0.3, 0.4) is 0 Å². The molecule has 4 heteroatoms. The van der Waals surface area contributed by atoms with Gasteiger partial charge in [0.15, 0.2) is 0 Å². The van der Waals surface area contributed by atoms with E-state index in [0.717, 1.165) is 43.9 Å². The lowest BCUT2D eigenvalue weighted by Crippen LogP contribution is -2.28. The summed E-state index contributed by atoms with van der Waals surface area (Å²) >= 11 is 0. The van der Waals surface area contributed by atoms with Crippen molar-refractivity contribution in [2.45, 2.75) is 25.3 Å².